The number of nitrogens with two attached hydrogens (primary N) is 1. The number of rotatable bonds is 3. The van der Waals surface area contributed by atoms with Crippen LogP contribution >= 0.6 is 15.9 Å². The van der Waals surface area contributed by atoms with Gasteiger partial charge in [-0.15, -0.1) is 0 Å². The van der Waals surface area contributed by atoms with Crippen molar-refractivity contribution in [3.63, 3.8) is 0 Å². The number of ketones is 1. The van der Waals surface area contributed by atoms with Crippen LogP contribution in [0.15, 0.2) is 22.7 Å². The third kappa shape index (κ3) is 2.56. The van der Waals surface area contributed by atoms with Crippen molar-refractivity contribution in [3.05, 3.63) is 28.2 Å². The molecule has 0 atom stereocenters. The molecule has 1 rings (SSSR count). The summed E-state index contributed by atoms with van der Waals surface area (Å²) in [7, 11) is 0. The Balaban J connectivity index is 2.95. The van der Waals surface area contributed by atoms with E-state index < -0.39 is 0 Å². The smallest absolute Gasteiger partial charge is 0.163 e. The number of carbonyl (C=O) groups excluding carboxylic acids is 1. The maximum Gasteiger partial charge on any atom is 0.163 e. The fraction of sp³-hybridized carbons (Fsp3) is 0.300. The van der Waals surface area contributed by atoms with E-state index in [2.05, 4.69) is 15.9 Å². The highest BCUT2D eigenvalue weighted by Gasteiger charge is 2.08. The van der Waals surface area contributed by atoms with Crippen LogP contribution < -0.4 is 5.73 Å². The van der Waals surface area contributed by atoms with Crippen molar-refractivity contribution in [2.24, 2.45) is 0 Å². The minimum absolute atomic E-state index is 0.161. The highest BCUT2D eigenvalue weighted by Crippen LogP contribution is 2.21. The molecule has 13 heavy (non-hydrogen) atoms. The summed E-state index contributed by atoms with van der Waals surface area (Å²) in [5.41, 5.74) is 6.95. The van der Waals surface area contributed by atoms with Gasteiger partial charge in [0, 0.05) is 22.1 Å². The average molecular weight is 242 g/mol. The Kier molecular flexibility index (Phi) is 3.48. The first kappa shape index (κ1) is 10.3. The molecule has 0 spiro atoms. The van der Waals surface area contributed by atoms with E-state index in [1.165, 1.54) is 0 Å². The Hall–Kier alpha value is -0.830. The van der Waals surface area contributed by atoms with Crippen molar-refractivity contribution < 1.29 is 4.79 Å². The van der Waals surface area contributed by atoms with Gasteiger partial charge in [0.1, 0.15) is 0 Å². The fourth-order valence-corrected chi connectivity index (χ4v) is 1.74. The van der Waals surface area contributed by atoms with Crippen LogP contribution in [0, 0.1) is 0 Å². The first-order valence-electron chi connectivity index (χ1n) is 4.23. The molecule has 0 bridgehead atoms. The van der Waals surface area contributed by atoms with Gasteiger partial charge < -0.3 is 5.73 Å². The summed E-state index contributed by atoms with van der Waals surface area (Å²) in [5.74, 6) is 0.161. The molecular formula is C10H12BrNO. The first-order chi connectivity index (χ1) is 6.15. The molecule has 1 aromatic rings. The molecule has 2 N–H and O–H groups in total. The minimum atomic E-state index is 0.161. The van der Waals surface area contributed by atoms with Crippen molar-refractivity contribution in [2.75, 3.05) is 5.73 Å². The lowest BCUT2D eigenvalue weighted by molar-refractivity contribution is 0.0981. The molecule has 0 radical (unpaired) electrons. The molecule has 0 heterocycles. The molecule has 0 aliphatic rings. The van der Waals surface area contributed by atoms with Gasteiger partial charge in [0.2, 0.25) is 0 Å². The van der Waals surface area contributed by atoms with Gasteiger partial charge in [-0.05, 0) is 40.5 Å². The number of hydrogen-bond acceptors (Lipinski definition) is 2. The number of hydrogen-bond donors (Lipinski definition) is 1. The summed E-state index contributed by atoms with van der Waals surface area (Å²) in [5, 5.41) is 0. The average Bonchev–Trinajstić information content (AvgIpc) is 2.04. The molecule has 70 valence electrons. The lowest BCUT2D eigenvalue weighted by Crippen LogP contribution is -1.99. The summed E-state index contributed by atoms with van der Waals surface area (Å²) in [6.45, 7) is 1.99. The first-order valence-corrected chi connectivity index (χ1v) is 5.02. The summed E-state index contributed by atoms with van der Waals surface area (Å²) in [6.07, 6.45) is 1.46. The Labute approximate surface area is 86.3 Å². The van der Waals surface area contributed by atoms with Gasteiger partial charge in [-0.1, -0.05) is 6.92 Å². The van der Waals surface area contributed by atoms with Gasteiger partial charge in [-0.2, -0.15) is 0 Å². The molecule has 0 unspecified atom stereocenters. The zero-order chi connectivity index (χ0) is 9.84. The molecular weight excluding hydrogens is 230 g/mol. The Morgan fingerprint density at radius 2 is 2.23 bits per heavy atom. The Bertz CT molecular complexity index is 323. The van der Waals surface area contributed by atoms with E-state index >= 15 is 0 Å². The summed E-state index contributed by atoms with van der Waals surface area (Å²) < 4.78 is 0.783. The Morgan fingerprint density at radius 1 is 1.54 bits per heavy atom. The molecule has 1 aromatic carbocycles. The molecule has 3 heteroatoms. The van der Waals surface area contributed by atoms with Crippen molar-refractivity contribution in [2.45, 2.75) is 19.8 Å². The predicted molar refractivity (Wildman–Crippen MR) is 57.8 cm³/mol. The van der Waals surface area contributed by atoms with Crippen LogP contribution in [0.1, 0.15) is 30.1 Å². The van der Waals surface area contributed by atoms with E-state index in [1.54, 1.807) is 18.2 Å². The number of nitrogen functional groups attached to an aromatic ring is 1. The Morgan fingerprint density at radius 3 is 2.77 bits per heavy atom. The quantitative estimate of drug-likeness (QED) is 0.653. The standard InChI is InChI=1S/C10H12BrNO/c1-2-3-10(13)8-5-4-7(12)6-9(8)11/h4-6H,2-3,12H2,1H3. The lowest BCUT2D eigenvalue weighted by atomic mass is 10.1. The van der Waals surface area contributed by atoms with Gasteiger partial charge in [0.05, 0.1) is 0 Å². The van der Waals surface area contributed by atoms with Crippen LogP contribution in [-0.2, 0) is 0 Å². The van der Waals surface area contributed by atoms with Crippen LogP contribution in [0.25, 0.3) is 0 Å². The van der Waals surface area contributed by atoms with Crippen molar-refractivity contribution in [1.82, 2.24) is 0 Å². The van der Waals surface area contributed by atoms with E-state index in [1.807, 2.05) is 6.92 Å². The fourth-order valence-electron chi connectivity index (χ4n) is 1.12. The monoisotopic (exact) mass is 241 g/mol. The molecule has 0 aromatic heterocycles. The van der Waals surface area contributed by atoms with Crippen LogP contribution in [-0.4, -0.2) is 5.78 Å². The zero-order valence-corrected chi connectivity index (χ0v) is 9.10. The van der Waals surface area contributed by atoms with E-state index in [0.717, 1.165) is 16.5 Å². The zero-order valence-electron chi connectivity index (χ0n) is 7.51. The number of Topliss-reactive ketones (excluding diaryl/α,β-unsaturated/α-hetero) is 1. The molecule has 0 aliphatic heterocycles. The van der Waals surface area contributed by atoms with E-state index in [0.29, 0.717) is 12.1 Å². The molecule has 0 aliphatic carbocycles. The number of halogens is 1. The number of anilines is 1. The van der Waals surface area contributed by atoms with Crippen molar-refractivity contribution in [1.29, 1.82) is 0 Å². The lowest BCUT2D eigenvalue weighted by Gasteiger charge is -2.03. The summed E-state index contributed by atoms with van der Waals surface area (Å²) >= 11 is 3.32. The van der Waals surface area contributed by atoms with Crippen LogP contribution in [0.2, 0.25) is 0 Å². The largest absolute Gasteiger partial charge is 0.399 e. The normalized spacial score (nSPS) is 10.0. The highest BCUT2D eigenvalue weighted by atomic mass is 79.9. The predicted octanol–water partition coefficient (Wildman–Crippen LogP) is 3.01. The highest BCUT2D eigenvalue weighted by molar-refractivity contribution is 9.10. The van der Waals surface area contributed by atoms with Gasteiger partial charge >= 0.3 is 0 Å². The second-order valence-corrected chi connectivity index (χ2v) is 3.77. The van der Waals surface area contributed by atoms with E-state index in [-0.39, 0.29) is 5.78 Å². The SMILES string of the molecule is CCCC(=O)c1ccc(N)cc1Br. The van der Waals surface area contributed by atoms with Crippen molar-refractivity contribution >= 4 is 27.4 Å². The van der Waals surface area contributed by atoms with Gasteiger partial charge in [0.25, 0.3) is 0 Å². The third-order valence-corrected chi connectivity index (χ3v) is 2.43. The topological polar surface area (TPSA) is 43.1 Å². The van der Waals surface area contributed by atoms with Crippen LogP contribution in [0.5, 0.6) is 0 Å². The van der Waals surface area contributed by atoms with E-state index in [4.69, 9.17) is 5.73 Å². The summed E-state index contributed by atoms with van der Waals surface area (Å²) in [6, 6.07) is 5.26. The molecule has 0 fully saturated rings. The summed E-state index contributed by atoms with van der Waals surface area (Å²) in [4.78, 5) is 11.5. The molecule has 2 nitrogen and oxygen atoms in total. The second-order valence-electron chi connectivity index (χ2n) is 2.91. The van der Waals surface area contributed by atoms with Crippen molar-refractivity contribution in [3.8, 4) is 0 Å². The maximum atomic E-state index is 11.5. The van der Waals surface area contributed by atoms with Gasteiger partial charge in [-0.3, -0.25) is 4.79 Å². The van der Waals surface area contributed by atoms with Crippen LogP contribution in [0.4, 0.5) is 5.69 Å². The number of benzene rings is 1. The van der Waals surface area contributed by atoms with Crippen LogP contribution in [0.3, 0.4) is 0 Å². The second kappa shape index (κ2) is 4.42. The third-order valence-electron chi connectivity index (χ3n) is 1.77. The van der Waals surface area contributed by atoms with E-state index in [9.17, 15) is 4.79 Å². The molecule has 0 amide bonds. The molecule has 0 saturated carbocycles. The van der Waals surface area contributed by atoms with Gasteiger partial charge in [-0.25, -0.2) is 0 Å². The maximum absolute atomic E-state index is 11.5. The number of carbonyl (C=O) groups is 1. The van der Waals surface area contributed by atoms with Gasteiger partial charge in [0.15, 0.2) is 5.78 Å². The molecule has 0 saturated heterocycles. The minimum Gasteiger partial charge on any atom is -0.399 e.